The summed E-state index contributed by atoms with van der Waals surface area (Å²) in [7, 11) is 0. The Kier molecular flexibility index (Phi) is 5.27. The third-order valence-electron chi connectivity index (χ3n) is 4.45. The molecule has 0 radical (unpaired) electrons. The van der Waals surface area contributed by atoms with E-state index in [1.165, 1.54) is 0 Å². The first-order valence-electron chi connectivity index (χ1n) is 8.95. The van der Waals surface area contributed by atoms with Crippen molar-refractivity contribution in [3.63, 3.8) is 0 Å². The van der Waals surface area contributed by atoms with Gasteiger partial charge >= 0.3 is 0 Å². The molecule has 4 rings (SSSR count). The number of aromatic nitrogens is 3. The number of rotatable bonds is 4. The number of nitrogens with two attached hydrogens (primary N) is 1. The molecule has 3 heterocycles. The van der Waals surface area contributed by atoms with E-state index in [4.69, 9.17) is 31.8 Å². The Morgan fingerprint density at radius 2 is 1.82 bits per heavy atom. The van der Waals surface area contributed by atoms with E-state index in [1.54, 1.807) is 12.4 Å². The number of pyridine rings is 1. The van der Waals surface area contributed by atoms with Crippen molar-refractivity contribution in [3.8, 4) is 22.8 Å². The molecular formula is C20H20ClN5O2. The Morgan fingerprint density at radius 3 is 2.54 bits per heavy atom. The molecule has 0 atom stereocenters. The molecule has 28 heavy (non-hydrogen) atoms. The topological polar surface area (TPSA) is 86.4 Å². The summed E-state index contributed by atoms with van der Waals surface area (Å²) in [6.07, 6.45) is 3.31. The fraction of sp³-hybridized carbons (Fsp3) is 0.250. The zero-order chi connectivity index (χ0) is 19.5. The predicted molar refractivity (Wildman–Crippen MR) is 109 cm³/mol. The van der Waals surface area contributed by atoms with E-state index in [0.29, 0.717) is 35.4 Å². The van der Waals surface area contributed by atoms with Gasteiger partial charge in [0, 0.05) is 48.2 Å². The monoisotopic (exact) mass is 397 g/mol. The number of morpholine rings is 1. The third kappa shape index (κ3) is 4.16. The maximum atomic E-state index is 6.12. The molecular weight excluding hydrogens is 378 g/mol. The van der Waals surface area contributed by atoms with Crippen LogP contribution in [0.4, 0.5) is 11.8 Å². The highest BCUT2D eigenvalue weighted by Crippen LogP contribution is 2.31. The van der Waals surface area contributed by atoms with Crippen LogP contribution in [0.5, 0.6) is 11.5 Å². The first kappa shape index (κ1) is 18.5. The summed E-state index contributed by atoms with van der Waals surface area (Å²) in [6, 6.07) is 9.37. The van der Waals surface area contributed by atoms with E-state index < -0.39 is 0 Å². The Bertz CT molecular complexity index is 975. The number of hydrogen-bond acceptors (Lipinski definition) is 7. The molecule has 7 nitrogen and oxygen atoms in total. The minimum atomic E-state index is 0.223. The second-order valence-electron chi connectivity index (χ2n) is 6.49. The molecule has 0 spiro atoms. The molecule has 144 valence electrons. The van der Waals surface area contributed by atoms with E-state index >= 15 is 0 Å². The predicted octanol–water partition coefficient (Wildman–Crippen LogP) is 3.71. The van der Waals surface area contributed by atoms with Gasteiger partial charge in [-0.15, -0.1) is 0 Å². The van der Waals surface area contributed by atoms with Crippen LogP contribution in [0.2, 0.25) is 5.02 Å². The lowest BCUT2D eigenvalue weighted by atomic mass is 10.2. The van der Waals surface area contributed by atoms with Crippen LogP contribution in [0.1, 0.15) is 5.56 Å². The fourth-order valence-electron chi connectivity index (χ4n) is 2.94. The Balaban J connectivity index is 1.72. The van der Waals surface area contributed by atoms with Crippen molar-refractivity contribution >= 4 is 23.4 Å². The molecule has 1 aliphatic rings. The van der Waals surface area contributed by atoms with E-state index in [-0.39, 0.29) is 5.95 Å². The van der Waals surface area contributed by atoms with Gasteiger partial charge in [0.1, 0.15) is 17.3 Å². The van der Waals surface area contributed by atoms with Crippen LogP contribution in [-0.2, 0) is 4.74 Å². The van der Waals surface area contributed by atoms with Gasteiger partial charge in [-0.2, -0.15) is 0 Å². The van der Waals surface area contributed by atoms with Crippen molar-refractivity contribution in [1.82, 2.24) is 15.0 Å². The summed E-state index contributed by atoms with van der Waals surface area (Å²) in [6.45, 7) is 4.83. The second-order valence-corrected chi connectivity index (χ2v) is 6.90. The molecule has 1 aliphatic heterocycles. The van der Waals surface area contributed by atoms with Crippen molar-refractivity contribution in [2.24, 2.45) is 0 Å². The summed E-state index contributed by atoms with van der Waals surface area (Å²) in [5.41, 5.74) is 8.04. The van der Waals surface area contributed by atoms with Gasteiger partial charge in [-0.05, 0) is 30.7 Å². The van der Waals surface area contributed by atoms with Gasteiger partial charge in [0.2, 0.25) is 5.95 Å². The van der Waals surface area contributed by atoms with Crippen LogP contribution in [-0.4, -0.2) is 41.3 Å². The number of nitrogen functional groups attached to an aromatic ring is 1. The first-order valence-corrected chi connectivity index (χ1v) is 9.33. The molecule has 3 aromatic rings. The van der Waals surface area contributed by atoms with E-state index in [9.17, 15) is 0 Å². The lowest BCUT2D eigenvalue weighted by Crippen LogP contribution is -2.36. The molecule has 0 amide bonds. The molecule has 8 heteroatoms. The highest BCUT2D eigenvalue weighted by atomic mass is 35.5. The van der Waals surface area contributed by atoms with Crippen LogP contribution < -0.4 is 15.4 Å². The van der Waals surface area contributed by atoms with Crippen molar-refractivity contribution in [2.75, 3.05) is 36.9 Å². The number of ether oxygens (including phenoxy) is 2. The number of nitrogens with zero attached hydrogens (tertiary/aromatic N) is 4. The van der Waals surface area contributed by atoms with Gasteiger partial charge in [-0.1, -0.05) is 11.6 Å². The SMILES string of the molecule is Cc1cc(Oc2cc(-c3cnc(N)nc3)nc(N3CCOCC3)c2)ccc1Cl. The maximum Gasteiger partial charge on any atom is 0.219 e. The third-order valence-corrected chi connectivity index (χ3v) is 4.88. The quantitative estimate of drug-likeness (QED) is 0.718. The van der Waals surface area contributed by atoms with E-state index in [0.717, 1.165) is 30.0 Å². The van der Waals surface area contributed by atoms with Gasteiger partial charge < -0.3 is 20.1 Å². The molecule has 0 aliphatic carbocycles. The van der Waals surface area contributed by atoms with Crippen molar-refractivity contribution < 1.29 is 9.47 Å². The lowest BCUT2D eigenvalue weighted by Gasteiger charge is -2.28. The number of halogens is 1. The fourth-order valence-corrected chi connectivity index (χ4v) is 3.06. The van der Waals surface area contributed by atoms with Crippen molar-refractivity contribution in [2.45, 2.75) is 6.92 Å². The van der Waals surface area contributed by atoms with Crippen LogP contribution in [0.3, 0.4) is 0 Å². The van der Waals surface area contributed by atoms with Crippen molar-refractivity contribution in [3.05, 3.63) is 53.3 Å². The second kappa shape index (κ2) is 8.00. The zero-order valence-electron chi connectivity index (χ0n) is 15.4. The average Bonchev–Trinajstić information content (AvgIpc) is 2.72. The van der Waals surface area contributed by atoms with Gasteiger partial charge in [0.05, 0.1) is 18.9 Å². The van der Waals surface area contributed by atoms with Crippen LogP contribution in [0.15, 0.2) is 42.7 Å². The number of anilines is 2. The summed E-state index contributed by atoms with van der Waals surface area (Å²) >= 11 is 6.12. The standard InChI is InChI=1S/C20H20ClN5O2/c1-13-8-15(2-3-17(13)21)28-16-9-18(14-11-23-20(22)24-12-14)25-19(10-16)26-4-6-27-7-5-26/h2-3,8-12H,4-7H2,1H3,(H2,22,23,24). The first-order chi connectivity index (χ1) is 13.6. The number of aryl methyl sites for hydroxylation is 1. The van der Waals surface area contributed by atoms with Gasteiger partial charge in [-0.25, -0.2) is 15.0 Å². The minimum Gasteiger partial charge on any atom is -0.457 e. The summed E-state index contributed by atoms with van der Waals surface area (Å²) in [5.74, 6) is 2.42. The molecule has 2 N–H and O–H groups in total. The summed E-state index contributed by atoms with van der Waals surface area (Å²) < 4.78 is 11.6. The van der Waals surface area contributed by atoms with E-state index in [1.807, 2.05) is 37.3 Å². The van der Waals surface area contributed by atoms with Gasteiger partial charge in [0.25, 0.3) is 0 Å². The molecule has 1 aromatic carbocycles. The molecule has 2 aromatic heterocycles. The largest absolute Gasteiger partial charge is 0.457 e. The van der Waals surface area contributed by atoms with Gasteiger partial charge in [-0.3, -0.25) is 0 Å². The van der Waals surface area contributed by atoms with E-state index in [2.05, 4.69) is 14.9 Å². The number of benzene rings is 1. The lowest BCUT2D eigenvalue weighted by molar-refractivity contribution is 0.122. The Labute approximate surface area is 168 Å². The molecule has 0 bridgehead atoms. The molecule has 0 unspecified atom stereocenters. The van der Waals surface area contributed by atoms with Crippen LogP contribution in [0.25, 0.3) is 11.3 Å². The summed E-state index contributed by atoms with van der Waals surface area (Å²) in [4.78, 5) is 15.1. The average molecular weight is 398 g/mol. The van der Waals surface area contributed by atoms with Crippen LogP contribution >= 0.6 is 11.6 Å². The highest BCUT2D eigenvalue weighted by molar-refractivity contribution is 6.31. The summed E-state index contributed by atoms with van der Waals surface area (Å²) in [5, 5.41) is 0.704. The Morgan fingerprint density at radius 1 is 1.07 bits per heavy atom. The zero-order valence-corrected chi connectivity index (χ0v) is 16.2. The maximum absolute atomic E-state index is 6.12. The number of hydrogen-bond donors (Lipinski definition) is 1. The Hall–Kier alpha value is -2.90. The molecule has 1 saturated heterocycles. The molecule has 0 saturated carbocycles. The van der Waals surface area contributed by atoms with Crippen LogP contribution in [0, 0.1) is 6.92 Å². The smallest absolute Gasteiger partial charge is 0.219 e. The normalized spacial score (nSPS) is 14.1. The van der Waals surface area contributed by atoms with Gasteiger partial charge in [0.15, 0.2) is 0 Å². The minimum absolute atomic E-state index is 0.223. The highest BCUT2D eigenvalue weighted by Gasteiger charge is 2.16. The molecule has 1 fully saturated rings. The van der Waals surface area contributed by atoms with Crippen molar-refractivity contribution in [1.29, 1.82) is 0 Å².